The number of hydrogen-bond acceptors (Lipinski definition) is 7. The van der Waals surface area contributed by atoms with Gasteiger partial charge in [-0.05, 0) is 5.56 Å². The van der Waals surface area contributed by atoms with Crippen LogP contribution in [0.5, 0.6) is 0 Å². The number of rotatable bonds is 5. The Labute approximate surface area is 126 Å². The van der Waals surface area contributed by atoms with Gasteiger partial charge >= 0.3 is 5.97 Å². The molecule has 1 aliphatic rings. The summed E-state index contributed by atoms with van der Waals surface area (Å²) >= 11 is 0. The van der Waals surface area contributed by atoms with Gasteiger partial charge in [0.25, 0.3) is 0 Å². The van der Waals surface area contributed by atoms with Crippen LogP contribution in [0.25, 0.3) is 0 Å². The lowest BCUT2D eigenvalue weighted by Crippen LogP contribution is -2.60. The molecule has 0 radical (unpaired) electrons. The quantitative estimate of drug-likeness (QED) is 0.449. The maximum atomic E-state index is 10.9. The Morgan fingerprint density at radius 2 is 1.77 bits per heavy atom. The molecule has 6 unspecified atom stereocenters. The standard InChI is InChI=1S/C14H18O8/c15-8(7-4-2-1-3-5-7)6-21-14-11(18)9(16)10(17)12(22-14)13(19)20/h1-5,8-12,14-18H,6H2,(H,19,20). The van der Waals surface area contributed by atoms with Crippen LogP contribution in [-0.2, 0) is 14.3 Å². The fourth-order valence-electron chi connectivity index (χ4n) is 2.15. The summed E-state index contributed by atoms with van der Waals surface area (Å²) in [5, 5.41) is 47.8. The van der Waals surface area contributed by atoms with Gasteiger partial charge in [0.05, 0.1) is 6.61 Å². The van der Waals surface area contributed by atoms with E-state index in [0.717, 1.165) is 0 Å². The van der Waals surface area contributed by atoms with Gasteiger partial charge in [0, 0.05) is 0 Å². The van der Waals surface area contributed by atoms with Crippen molar-refractivity contribution in [3.05, 3.63) is 35.9 Å². The van der Waals surface area contributed by atoms with Gasteiger partial charge in [-0.25, -0.2) is 4.79 Å². The van der Waals surface area contributed by atoms with Crippen LogP contribution in [0.2, 0.25) is 0 Å². The molecule has 0 aliphatic carbocycles. The first-order valence-electron chi connectivity index (χ1n) is 6.69. The van der Waals surface area contributed by atoms with E-state index in [1.54, 1.807) is 30.3 Å². The van der Waals surface area contributed by atoms with E-state index in [9.17, 15) is 25.2 Å². The molecular weight excluding hydrogens is 296 g/mol. The summed E-state index contributed by atoms with van der Waals surface area (Å²) < 4.78 is 10.1. The van der Waals surface area contributed by atoms with E-state index in [0.29, 0.717) is 5.56 Å². The molecule has 1 aliphatic heterocycles. The van der Waals surface area contributed by atoms with E-state index < -0.39 is 42.8 Å². The minimum Gasteiger partial charge on any atom is -0.479 e. The van der Waals surface area contributed by atoms with Crippen molar-refractivity contribution >= 4 is 5.97 Å². The number of carboxylic acids is 1. The van der Waals surface area contributed by atoms with Gasteiger partial charge in [-0.2, -0.15) is 0 Å². The molecule has 0 spiro atoms. The summed E-state index contributed by atoms with van der Waals surface area (Å²) in [7, 11) is 0. The molecule has 2 rings (SSSR count). The van der Waals surface area contributed by atoms with Gasteiger partial charge in [-0.1, -0.05) is 30.3 Å². The molecule has 8 nitrogen and oxygen atoms in total. The van der Waals surface area contributed by atoms with Crippen molar-refractivity contribution in [2.75, 3.05) is 6.61 Å². The second-order valence-corrected chi connectivity index (χ2v) is 4.99. The number of aliphatic hydroxyl groups is 4. The highest BCUT2D eigenvalue weighted by Crippen LogP contribution is 2.23. The molecule has 1 saturated heterocycles. The average Bonchev–Trinajstić information content (AvgIpc) is 2.52. The first kappa shape index (κ1) is 16.8. The Morgan fingerprint density at radius 3 is 2.36 bits per heavy atom. The van der Waals surface area contributed by atoms with Crippen molar-refractivity contribution in [1.29, 1.82) is 0 Å². The van der Waals surface area contributed by atoms with Crippen LogP contribution in [0.3, 0.4) is 0 Å². The van der Waals surface area contributed by atoms with E-state index >= 15 is 0 Å². The molecule has 0 bridgehead atoms. The Kier molecular flexibility index (Phi) is 5.46. The number of hydrogen-bond donors (Lipinski definition) is 5. The lowest BCUT2D eigenvalue weighted by atomic mass is 9.99. The summed E-state index contributed by atoms with van der Waals surface area (Å²) in [6.45, 7) is -0.277. The highest BCUT2D eigenvalue weighted by atomic mass is 16.7. The molecule has 1 aromatic carbocycles. The lowest BCUT2D eigenvalue weighted by Gasteiger charge is -2.38. The molecule has 6 atom stereocenters. The zero-order valence-corrected chi connectivity index (χ0v) is 11.5. The van der Waals surface area contributed by atoms with Gasteiger partial charge in [0.15, 0.2) is 12.4 Å². The predicted octanol–water partition coefficient (Wildman–Crippen LogP) is -1.37. The molecule has 1 heterocycles. The van der Waals surface area contributed by atoms with Crippen molar-refractivity contribution in [2.45, 2.75) is 36.8 Å². The molecular formula is C14H18O8. The zero-order chi connectivity index (χ0) is 16.3. The largest absolute Gasteiger partial charge is 0.479 e. The Balaban J connectivity index is 1.98. The average molecular weight is 314 g/mol. The monoisotopic (exact) mass is 314 g/mol. The lowest BCUT2D eigenvalue weighted by molar-refractivity contribution is -0.297. The maximum absolute atomic E-state index is 10.9. The molecule has 22 heavy (non-hydrogen) atoms. The number of carboxylic acid groups (broad SMARTS) is 1. The van der Waals surface area contributed by atoms with Crippen LogP contribution >= 0.6 is 0 Å². The van der Waals surface area contributed by atoms with E-state index in [4.69, 9.17) is 14.6 Å². The highest BCUT2D eigenvalue weighted by molar-refractivity contribution is 5.73. The van der Waals surface area contributed by atoms with Crippen LogP contribution in [0.1, 0.15) is 11.7 Å². The number of aliphatic carboxylic acids is 1. The number of benzene rings is 1. The SMILES string of the molecule is O=C(O)C1OC(OCC(O)c2ccccc2)C(O)C(O)C1O. The van der Waals surface area contributed by atoms with Gasteiger partial charge in [-0.15, -0.1) is 0 Å². The van der Waals surface area contributed by atoms with Gasteiger partial charge in [0.2, 0.25) is 0 Å². The molecule has 0 aromatic heterocycles. The van der Waals surface area contributed by atoms with Crippen LogP contribution in [0.4, 0.5) is 0 Å². The first-order valence-corrected chi connectivity index (χ1v) is 6.69. The second-order valence-electron chi connectivity index (χ2n) is 4.99. The van der Waals surface area contributed by atoms with E-state index in [1.165, 1.54) is 0 Å². The first-order chi connectivity index (χ1) is 10.4. The van der Waals surface area contributed by atoms with Gasteiger partial charge < -0.3 is 35.0 Å². The molecule has 0 saturated carbocycles. The second kappa shape index (κ2) is 7.14. The fraction of sp³-hybridized carbons (Fsp3) is 0.500. The smallest absolute Gasteiger partial charge is 0.335 e. The third kappa shape index (κ3) is 3.61. The van der Waals surface area contributed by atoms with E-state index in [2.05, 4.69) is 0 Å². The third-order valence-electron chi connectivity index (χ3n) is 3.42. The molecule has 1 fully saturated rings. The van der Waals surface area contributed by atoms with Crippen molar-refractivity contribution < 1.29 is 39.8 Å². The summed E-state index contributed by atoms with van der Waals surface area (Å²) in [6, 6.07) is 8.58. The fourth-order valence-corrected chi connectivity index (χ4v) is 2.15. The van der Waals surface area contributed by atoms with E-state index in [1.807, 2.05) is 0 Å². The minimum absolute atomic E-state index is 0.277. The van der Waals surface area contributed by atoms with E-state index in [-0.39, 0.29) is 6.61 Å². The minimum atomic E-state index is -1.77. The normalized spacial score (nSPS) is 33.4. The summed E-state index contributed by atoms with van der Waals surface area (Å²) in [5.74, 6) is -1.49. The maximum Gasteiger partial charge on any atom is 0.335 e. The predicted molar refractivity (Wildman–Crippen MR) is 71.7 cm³/mol. The van der Waals surface area contributed by atoms with Crippen LogP contribution in [0.15, 0.2) is 30.3 Å². The van der Waals surface area contributed by atoms with Crippen molar-refractivity contribution in [3.8, 4) is 0 Å². The number of ether oxygens (including phenoxy) is 2. The molecule has 8 heteroatoms. The molecule has 122 valence electrons. The van der Waals surface area contributed by atoms with Crippen LogP contribution < -0.4 is 0 Å². The number of carbonyl (C=O) groups is 1. The Hall–Kier alpha value is -1.55. The molecule has 0 amide bonds. The Bertz CT molecular complexity index is 493. The van der Waals surface area contributed by atoms with Gasteiger partial charge in [-0.3, -0.25) is 0 Å². The topological polar surface area (TPSA) is 137 Å². The summed E-state index contributed by atoms with van der Waals surface area (Å²) in [5.41, 5.74) is 0.572. The van der Waals surface area contributed by atoms with Gasteiger partial charge in [0.1, 0.15) is 24.4 Å². The zero-order valence-electron chi connectivity index (χ0n) is 11.5. The summed E-state index contributed by atoms with van der Waals surface area (Å²) in [6.07, 6.45) is -9.34. The van der Waals surface area contributed by atoms with Crippen molar-refractivity contribution in [1.82, 2.24) is 0 Å². The van der Waals surface area contributed by atoms with Crippen molar-refractivity contribution in [2.24, 2.45) is 0 Å². The van der Waals surface area contributed by atoms with Crippen LogP contribution in [-0.4, -0.2) is 68.8 Å². The Morgan fingerprint density at radius 1 is 1.14 bits per heavy atom. The number of aliphatic hydroxyl groups excluding tert-OH is 4. The van der Waals surface area contributed by atoms with Crippen LogP contribution in [0, 0.1) is 0 Å². The summed E-state index contributed by atoms with van der Waals surface area (Å²) in [4.78, 5) is 10.9. The molecule has 5 N–H and O–H groups in total. The van der Waals surface area contributed by atoms with Crippen molar-refractivity contribution in [3.63, 3.8) is 0 Å². The third-order valence-corrected chi connectivity index (χ3v) is 3.42. The molecule has 1 aromatic rings. The highest BCUT2D eigenvalue weighted by Gasteiger charge is 2.47.